The van der Waals surface area contributed by atoms with E-state index in [1.54, 1.807) is 39.2 Å². The van der Waals surface area contributed by atoms with Crippen LogP contribution >= 0.6 is 0 Å². The van der Waals surface area contributed by atoms with E-state index in [4.69, 9.17) is 0 Å². The van der Waals surface area contributed by atoms with Crippen LogP contribution in [0.1, 0.15) is 21.7 Å². The first-order chi connectivity index (χ1) is 15.7. The molecule has 0 saturated carbocycles. The van der Waals surface area contributed by atoms with Crippen LogP contribution in [0.3, 0.4) is 0 Å². The topological polar surface area (TPSA) is 97.5 Å². The molecule has 174 valence electrons. The average Bonchev–Trinajstić information content (AvgIpc) is 2.77. The van der Waals surface area contributed by atoms with Crippen LogP contribution in [0, 0.1) is 18.7 Å². The Labute approximate surface area is 189 Å². The summed E-state index contributed by atoms with van der Waals surface area (Å²) >= 11 is 0. The Bertz CT molecular complexity index is 1250. The number of hydrogen-bond donors (Lipinski definition) is 2. The number of aromatic nitrogens is 3. The molecule has 0 bridgehead atoms. The Morgan fingerprint density at radius 1 is 1.12 bits per heavy atom. The Morgan fingerprint density at radius 3 is 2.52 bits per heavy atom. The van der Waals surface area contributed by atoms with Crippen molar-refractivity contribution in [3.8, 4) is 0 Å². The van der Waals surface area contributed by atoms with Gasteiger partial charge in [-0.05, 0) is 25.1 Å². The number of benzene rings is 1. The molecule has 1 aromatic carbocycles. The van der Waals surface area contributed by atoms with Gasteiger partial charge < -0.3 is 9.88 Å². The van der Waals surface area contributed by atoms with Crippen LogP contribution in [0.5, 0.6) is 0 Å². The van der Waals surface area contributed by atoms with Crippen LogP contribution in [0.15, 0.2) is 29.1 Å². The van der Waals surface area contributed by atoms with Crippen molar-refractivity contribution in [3.05, 3.63) is 63.3 Å². The number of halogens is 2. The summed E-state index contributed by atoms with van der Waals surface area (Å²) < 4.78 is 29.6. The lowest BCUT2D eigenvalue weighted by Gasteiger charge is -2.36. The van der Waals surface area contributed by atoms with E-state index in [0.29, 0.717) is 55.2 Å². The molecule has 1 fully saturated rings. The summed E-state index contributed by atoms with van der Waals surface area (Å²) in [5.74, 6) is -1.68. The molecule has 0 atom stereocenters. The zero-order valence-corrected chi connectivity index (χ0v) is 18.7. The largest absolute Gasteiger partial charge is 0.365 e. The molecule has 1 aliphatic rings. The van der Waals surface area contributed by atoms with Crippen LogP contribution in [0.4, 0.5) is 14.5 Å². The molecule has 3 heterocycles. The predicted molar refractivity (Wildman–Crippen MR) is 120 cm³/mol. The van der Waals surface area contributed by atoms with E-state index in [1.807, 2.05) is 4.90 Å². The molecule has 0 aliphatic carbocycles. The second-order valence-corrected chi connectivity index (χ2v) is 8.19. The summed E-state index contributed by atoms with van der Waals surface area (Å²) in [5.41, 5.74) is 3.70. The van der Waals surface area contributed by atoms with Gasteiger partial charge in [0.15, 0.2) is 5.82 Å². The van der Waals surface area contributed by atoms with Gasteiger partial charge in [0.2, 0.25) is 5.95 Å². The fourth-order valence-electron chi connectivity index (χ4n) is 3.82. The first-order valence-corrected chi connectivity index (χ1v) is 10.5. The van der Waals surface area contributed by atoms with Crippen molar-refractivity contribution < 1.29 is 13.6 Å². The lowest BCUT2D eigenvalue weighted by atomic mass is 10.1. The summed E-state index contributed by atoms with van der Waals surface area (Å²) in [7, 11) is 3.31. The maximum atomic E-state index is 15.0. The van der Waals surface area contributed by atoms with E-state index in [9.17, 15) is 18.4 Å². The third-order valence-electron chi connectivity index (χ3n) is 5.55. The summed E-state index contributed by atoms with van der Waals surface area (Å²) in [6, 6.07) is 6.42. The first kappa shape index (κ1) is 22.7. The second-order valence-electron chi connectivity index (χ2n) is 8.19. The summed E-state index contributed by atoms with van der Waals surface area (Å²) in [6.45, 7) is 4.15. The number of anilines is 1. The fourth-order valence-corrected chi connectivity index (χ4v) is 3.82. The van der Waals surface area contributed by atoms with Crippen molar-refractivity contribution in [3.63, 3.8) is 0 Å². The van der Waals surface area contributed by atoms with Crippen molar-refractivity contribution in [1.82, 2.24) is 30.3 Å². The zero-order valence-electron chi connectivity index (χ0n) is 18.7. The van der Waals surface area contributed by atoms with Gasteiger partial charge in [0.1, 0.15) is 16.9 Å². The van der Waals surface area contributed by atoms with Crippen LogP contribution < -0.4 is 15.9 Å². The highest BCUT2D eigenvalue weighted by atomic mass is 19.1. The van der Waals surface area contributed by atoms with Gasteiger partial charge in [-0.1, -0.05) is 6.07 Å². The summed E-state index contributed by atoms with van der Waals surface area (Å²) in [5, 5.41) is 1.46. The Balaban J connectivity index is 1.42. The van der Waals surface area contributed by atoms with E-state index in [1.165, 1.54) is 11.1 Å². The maximum Gasteiger partial charge on any atom is 0.284 e. The lowest BCUT2D eigenvalue weighted by Crippen LogP contribution is -2.46. The first-order valence-electron chi connectivity index (χ1n) is 10.5. The second kappa shape index (κ2) is 9.20. The van der Waals surface area contributed by atoms with E-state index in [2.05, 4.69) is 25.3 Å². The molecule has 1 aliphatic heterocycles. The predicted octanol–water partition coefficient (Wildman–Crippen LogP) is 1.43. The number of amides is 1. The van der Waals surface area contributed by atoms with E-state index >= 15 is 0 Å². The number of carbonyl (C=O) groups excluding carboxylic acids is 1. The Morgan fingerprint density at radius 2 is 1.85 bits per heavy atom. The van der Waals surface area contributed by atoms with Crippen molar-refractivity contribution in [1.29, 1.82) is 0 Å². The number of aromatic amines is 1. The molecule has 4 rings (SSSR count). The SMILES string of the molecule is Cc1nc2ccc(CN3CCN(c4ccc(C(=O)NN(C)C)nc4F)CC3)c(F)c2[nH]c1=O. The molecule has 0 radical (unpaired) electrons. The van der Waals surface area contributed by atoms with Gasteiger partial charge in [0.05, 0.1) is 11.2 Å². The van der Waals surface area contributed by atoms with E-state index in [0.717, 1.165) is 0 Å². The molecular weight excluding hydrogens is 432 g/mol. The van der Waals surface area contributed by atoms with Gasteiger partial charge in [-0.25, -0.2) is 19.4 Å². The molecule has 1 amide bonds. The quantitative estimate of drug-likeness (QED) is 0.442. The molecule has 0 spiro atoms. The summed E-state index contributed by atoms with van der Waals surface area (Å²) in [6.07, 6.45) is 0. The van der Waals surface area contributed by atoms with Crippen LogP contribution in [-0.2, 0) is 6.54 Å². The average molecular weight is 457 g/mol. The van der Waals surface area contributed by atoms with Crippen molar-refractivity contribution >= 4 is 22.6 Å². The minimum absolute atomic E-state index is 0.00177. The van der Waals surface area contributed by atoms with Gasteiger partial charge in [-0.2, -0.15) is 4.39 Å². The number of rotatable bonds is 5. The lowest BCUT2D eigenvalue weighted by molar-refractivity contribution is 0.0850. The monoisotopic (exact) mass is 457 g/mol. The Kier molecular flexibility index (Phi) is 6.34. The smallest absolute Gasteiger partial charge is 0.284 e. The fraction of sp³-hybridized carbons (Fsp3) is 0.364. The minimum Gasteiger partial charge on any atom is -0.365 e. The number of nitrogens with zero attached hydrogens (tertiary/aromatic N) is 5. The molecule has 2 N–H and O–H groups in total. The highest BCUT2D eigenvalue weighted by Crippen LogP contribution is 2.22. The van der Waals surface area contributed by atoms with Gasteiger partial charge in [0.25, 0.3) is 11.5 Å². The van der Waals surface area contributed by atoms with Crippen molar-refractivity contribution in [2.45, 2.75) is 13.5 Å². The van der Waals surface area contributed by atoms with Crippen molar-refractivity contribution in [2.75, 3.05) is 45.2 Å². The van der Waals surface area contributed by atoms with Crippen molar-refractivity contribution in [2.24, 2.45) is 0 Å². The number of piperazine rings is 1. The number of hydrazine groups is 1. The number of carbonyl (C=O) groups is 1. The number of aryl methyl sites for hydroxylation is 1. The van der Waals surface area contributed by atoms with Crippen LogP contribution in [0.25, 0.3) is 11.0 Å². The maximum absolute atomic E-state index is 15.0. The standard InChI is InChI=1S/C22H25F2N7O2/c1-13-21(32)27-19-15(25-13)5-4-14(18(19)23)12-30-8-10-31(11-9-30)17-7-6-16(26-20(17)24)22(33)28-29(2)3/h4-7H,8-12H2,1-3H3,(H,27,32)(H,28,33). The molecule has 9 nitrogen and oxygen atoms in total. The molecule has 3 aromatic rings. The number of hydrogen-bond acceptors (Lipinski definition) is 7. The zero-order chi connectivity index (χ0) is 23.7. The van der Waals surface area contributed by atoms with Gasteiger partial charge in [-0.15, -0.1) is 0 Å². The number of fused-ring (bicyclic) bond motifs is 1. The highest BCUT2D eigenvalue weighted by molar-refractivity contribution is 5.92. The van der Waals surface area contributed by atoms with E-state index < -0.39 is 23.2 Å². The molecule has 33 heavy (non-hydrogen) atoms. The number of pyridine rings is 1. The number of nitrogens with one attached hydrogen (secondary N) is 2. The third kappa shape index (κ3) is 4.83. The molecule has 11 heteroatoms. The molecule has 2 aromatic heterocycles. The number of H-pyrrole nitrogens is 1. The highest BCUT2D eigenvalue weighted by Gasteiger charge is 2.23. The minimum atomic E-state index is -0.706. The van der Waals surface area contributed by atoms with Crippen LogP contribution in [-0.4, -0.2) is 71.0 Å². The third-order valence-corrected chi connectivity index (χ3v) is 5.55. The molecular formula is C22H25F2N7O2. The van der Waals surface area contributed by atoms with Gasteiger partial charge >= 0.3 is 0 Å². The molecule has 0 unspecified atom stereocenters. The molecule has 1 saturated heterocycles. The normalized spacial score (nSPS) is 14.8. The summed E-state index contributed by atoms with van der Waals surface area (Å²) in [4.78, 5) is 38.2. The van der Waals surface area contributed by atoms with E-state index in [-0.39, 0.29) is 11.2 Å². The Hall–Kier alpha value is -3.44. The van der Waals surface area contributed by atoms with Gasteiger partial charge in [0, 0.05) is 52.4 Å². The van der Waals surface area contributed by atoms with Crippen LogP contribution in [0.2, 0.25) is 0 Å². The van der Waals surface area contributed by atoms with Gasteiger partial charge in [-0.3, -0.25) is 19.9 Å².